The smallest absolute Gasteiger partial charge is 0.285 e. The molecule has 10 nitrogen and oxygen atoms in total. The summed E-state index contributed by atoms with van der Waals surface area (Å²) in [5.41, 5.74) is 11.1. The minimum atomic E-state index is -0.789. The van der Waals surface area contributed by atoms with Gasteiger partial charge in [0, 0.05) is 12.0 Å². The summed E-state index contributed by atoms with van der Waals surface area (Å²) in [5, 5.41) is 5.61. The van der Waals surface area contributed by atoms with E-state index < -0.39 is 23.8 Å². The van der Waals surface area contributed by atoms with Crippen molar-refractivity contribution in [2.75, 3.05) is 11.8 Å². The molecule has 29 heavy (non-hydrogen) atoms. The van der Waals surface area contributed by atoms with E-state index in [0.29, 0.717) is 17.2 Å². The number of anilines is 1. The molecule has 0 saturated carbocycles. The molecular weight excluding hydrogens is 378 g/mol. The Morgan fingerprint density at radius 3 is 2.48 bits per heavy atom. The number of ether oxygens (including phenoxy) is 2. The highest BCUT2D eigenvalue weighted by atomic mass is 16.7. The molecule has 1 unspecified atom stereocenters. The Labute approximate surface area is 165 Å². The Hall–Kier alpha value is -4.08. The van der Waals surface area contributed by atoms with Crippen molar-refractivity contribution >= 4 is 29.1 Å². The van der Waals surface area contributed by atoms with Crippen LogP contribution in [0.2, 0.25) is 0 Å². The summed E-state index contributed by atoms with van der Waals surface area (Å²) >= 11 is 0. The van der Waals surface area contributed by atoms with Crippen LogP contribution in [0.4, 0.5) is 5.69 Å². The molecule has 3 amide bonds. The fraction of sp³-hybridized carbons (Fsp3) is 0.158. The molecule has 0 radical (unpaired) electrons. The average molecular weight is 395 g/mol. The molecule has 0 saturated heterocycles. The van der Waals surface area contributed by atoms with E-state index in [1.807, 2.05) is 6.07 Å². The monoisotopic (exact) mass is 395 g/mol. The summed E-state index contributed by atoms with van der Waals surface area (Å²) in [5.74, 6) is -0.786. The largest absolute Gasteiger partial charge is 0.454 e. The minimum Gasteiger partial charge on any atom is -0.454 e. The molecule has 4 rings (SSSR count). The van der Waals surface area contributed by atoms with E-state index in [-0.39, 0.29) is 24.5 Å². The second kappa shape index (κ2) is 7.50. The number of carbonyl (C=O) groups is 3. The zero-order chi connectivity index (χ0) is 20.4. The molecule has 4 N–H and O–H groups in total. The summed E-state index contributed by atoms with van der Waals surface area (Å²) < 4.78 is 10.4. The van der Waals surface area contributed by atoms with Crippen molar-refractivity contribution in [2.45, 2.75) is 12.5 Å². The van der Waals surface area contributed by atoms with Gasteiger partial charge in [0.15, 0.2) is 11.5 Å². The number of carbonyl (C=O) groups excluding carboxylic acids is 3. The van der Waals surface area contributed by atoms with Gasteiger partial charge in [0.2, 0.25) is 12.7 Å². The van der Waals surface area contributed by atoms with Crippen molar-refractivity contribution in [2.24, 2.45) is 10.8 Å². The molecule has 2 heterocycles. The first-order valence-electron chi connectivity index (χ1n) is 8.74. The van der Waals surface area contributed by atoms with E-state index in [1.54, 1.807) is 36.4 Å². The molecule has 0 fully saturated rings. The first-order valence-corrected chi connectivity index (χ1v) is 8.74. The Morgan fingerprint density at radius 1 is 1.00 bits per heavy atom. The predicted molar refractivity (Wildman–Crippen MR) is 102 cm³/mol. The lowest BCUT2D eigenvalue weighted by Gasteiger charge is -2.20. The summed E-state index contributed by atoms with van der Waals surface area (Å²) in [6.45, 7) is 0.0932. The molecule has 0 aliphatic carbocycles. The number of primary amides is 1. The van der Waals surface area contributed by atoms with Crippen LogP contribution in [0.1, 0.15) is 16.8 Å². The number of hydrazone groups is 1. The number of nitrogens with two attached hydrogens (primary N) is 1. The van der Waals surface area contributed by atoms with Crippen LogP contribution < -0.4 is 31.1 Å². The van der Waals surface area contributed by atoms with Crippen LogP contribution >= 0.6 is 0 Å². The number of para-hydroxylation sites is 1. The second-order valence-electron chi connectivity index (χ2n) is 6.33. The van der Waals surface area contributed by atoms with E-state index in [2.05, 4.69) is 16.0 Å². The van der Waals surface area contributed by atoms with Crippen molar-refractivity contribution in [3.05, 3.63) is 54.1 Å². The van der Waals surface area contributed by atoms with Crippen molar-refractivity contribution in [3.8, 4) is 11.5 Å². The molecule has 0 spiro atoms. The summed E-state index contributed by atoms with van der Waals surface area (Å²) in [7, 11) is 0. The molecule has 2 aromatic carbocycles. The SMILES string of the molecule is NC(=O)C1CC(C(=O)NNC(=O)c2ccc3c(c2)OCO3)=NN1c1ccccc1. The number of rotatable bonds is 4. The zero-order valence-electron chi connectivity index (χ0n) is 15.1. The third-order valence-electron chi connectivity index (χ3n) is 4.45. The van der Waals surface area contributed by atoms with E-state index in [0.717, 1.165) is 0 Å². The topological polar surface area (TPSA) is 135 Å². The van der Waals surface area contributed by atoms with E-state index in [9.17, 15) is 14.4 Å². The van der Waals surface area contributed by atoms with Crippen LogP contribution in [0.3, 0.4) is 0 Å². The van der Waals surface area contributed by atoms with Gasteiger partial charge in [-0.25, -0.2) is 0 Å². The van der Waals surface area contributed by atoms with Crippen LogP contribution in [0.5, 0.6) is 11.5 Å². The van der Waals surface area contributed by atoms with Gasteiger partial charge < -0.3 is 15.2 Å². The predicted octanol–water partition coefficient (Wildman–Crippen LogP) is 0.296. The van der Waals surface area contributed by atoms with Crippen molar-refractivity contribution in [1.29, 1.82) is 0 Å². The molecule has 1 atom stereocenters. The Morgan fingerprint density at radius 2 is 1.72 bits per heavy atom. The molecule has 0 bridgehead atoms. The number of hydrogen-bond donors (Lipinski definition) is 3. The normalized spacial score (nSPS) is 16.9. The molecular formula is C19H17N5O5. The van der Waals surface area contributed by atoms with Gasteiger partial charge in [0.05, 0.1) is 5.69 Å². The Balaban J connectivity index is 1.43. The van der Waals surface area contributed by atoms with E-state index in [1.165, 1.54) is 11.1 Å². The number of nitrogens with zero attached hydrogens (tertiary/aromatic N) is 2. The van der Waals surface area contributed by atoms with Crippen LogP contribution in [0.15, 0.2) is 53.6 Å². The van der Waals surface area contributed by atoms with Gasteiger partial charge >= 0.3 is 0 Å². The van der Waals surface area contributed by atoms with E-state index >= 15 is 0 Å². The third-order valence-corrected chi connectivity index (χ3v) is 4.45. The Bertz CT molecular complexity index is 1010. The quantitative estimate of drug-likeness (QED) is 0.637. The van der Waals surface area contributed by atoms with E-state index in [4.69, 9.17) is 15.2 Å². The second-order valence-corrected chi connectivity index (χ2v) is 6.33. The fourth-order valence-electron chi connectivity index (χ4n) is 2.98. The summed E-state index contributed by atoms with van der Waals surface area (Å²) in [6.07, 6.45) is 0.0238. The van der Waals surface area contributed by atoms with Crippen LogP contribution in [0.25, 0.3) is 0 Å². The van der Waals surface area contributed by atoms with Crippen molar-refractivity contribution in [3.63, 3.8) is 0 Å². The first kappa shape index (κ1) is 18.3. The fourth-order valence-corrected chi connectivity index (χ4v) is 2.98. The number of fused-ring (bicyclic) bond motifs is 1. The Kier molecular flexibility index (Phi) is 4.73. The standard InChI is InChI=1S/C19H17N5O5/c20-17(25)14-9-13(23-24(14)12-4-2-1-3-5-12)19(27)22-21-18(26)11-6-7-15-16(8-11)29-10-28-15/h1-8,14H,9-10H2,(H2,20,25)(H,21,26)(H,22,27). The molecule has 2 aromatic rings. The highest BCUT2D eigenvalue weighted by molar-refractivity contribution is 6.40. The van der Waals surface area contributed by atoms with Crippen molar-refractivity contribution < 1.29 is 23.9 Å². The van der Waals surface area contributed by atoms with Crippen molar-refractivity contribution in [1.82, 2.24) is 10.9 Å². The lowest BCUT2D eigenvalue weighted by atomic mass is 10.1. The maximum absolute atomic E-state index is 12.4. The summed E-state index contributed by atoms with van der Waals surface area (Å²) in [6, 6.07) is 12.8. The highest BCUT2D eigenvalue weighted by Gasteiger charge is 2.35. The minimum absolute atomic E-state index is 0.0238. The lowest BCUT2D eigenvalue weighted by Crippen LogP contribution is -2.45. The molecule has 10 heteroatoms. The van der Waals surface area contributed by atoms with Crippen LogP contribution in [0, 0.1) is 0 Å². The van der Waals surface area contributed by atoms with Gasteiger partial charge in [0.1, 0.15) is 11.8 Å². The molecule has 0 aromatic heterocycles. The third kappa shape index (κ3) is 3.68. The highest BCUT2D eigenvalue weighted by Crippen LogP contribution is 2.32. The van der Waals surface area contributed by atoms with Crippen LogP contribution in [-0.2, 0) is 9.59 Å². The number of nitrogens with one attached hydrogen (secondary N) is 2. The molecule has 148 valence electrons. The van der Waals surface area contributed by atoms with Gasteiger partial charge in [-0.1, -0.05) is 18.2 Å². The van der Waals surface area contributed by atoms with Gasteiger partial charge in [-0.15, -0.1) is 0 Å². The first-order chi connectivity index (χ1) is 14.0. The lowest BCUT2D eigenvalue weighted by molar-refractivity contribution is -0.119. The number of hydrogen-bond acceptors (Lipinski definition) is 7. The van der Waals surface area contributed by atoms with Gasteiger partial charge in [-0.3, -0.25) is 30.2 Å². The average Bonchev–Trinajstić information content (AvgIpc) is 3.39. The maximum Gasteiger partial charge on any atom is 0.285 e. The molecule has 2 aliphatic rings. The number of hydrazine groups is 1. The number of benzene rings is 2. The van der Waals surface area contributed by atoms with Gasteiger partial charge in [-0.05, 0) is 30.3 Å². The maximum atomic E-state index is 12.4. The summed E-state index contributed by atoms with van der Waals surface area (Å²) in [4.78, 5) is 36.5. The van der Waals surface area contributed by atoms with Crippen LogP contribution in [-0.4, -0.2) is 36.3 Å². The number of amides is 3. The molecule has 2 aliphatic heterocycles. The zero-order valence-corrected chi connectivity index (χ0v) is 15.1. The van der Waals surface area contributed by atoms with Gasteiger partial charge in [0.25, 0.3) is 11.8 Å². The van der Waals surface area contributed by atoms with Gasteiger partial charge in [-0.2, -0.15) is 5.10 Å².